The first-order chi connectivity index (χ1) is 12.0. The number of hydrogen-bond acceptors (Lipinski definition) is 5. The fraction of sp³-hybridized carbons (Fsp3) is 0.353. The normalized spacial score (nSPS) is 15.9. The molecule has 1 aliphatic rings. The topological polar surface area (TPSA) is 64.2 Å². The Bertz CT molecular complexity index is 992. The highest BCUT2D eigenvalue weighted by molar-refractivity contribution is 9.10. The van der Waals surface area contributed by atoms with Crippen LogP contribution in [0.1, 0.15) is 24.5 Å². The van der Waals surface area contributed by atoms with E-state index in [0.717, 1.165) is 42.7 Å². The highest BCUT2D eigenvalue weighted by atomic mass is 79.9. The summed E-state index contributed by atoms with van der Waals surface area (Å²) >= 11 is 3.38. The smallest absolute Gasteiger partial charge is 0.282 e. The van der Waals surface area contributed by atoms with E-state index in [1.165, 1.54) is 16.8 Å². The molecule has 1 aromatic carbocycles. The van der Waals surface area contributed by atoms with Gasteiger partial charge >= 0.3 is 0 Å². The molecule has 1 saturated heterocycles. The monoisotopic (exact) mass is 406 g/mol. The molecular formula is C17H16BrFN4O2. The number of rotatable bonds is 2. The lowest BCUT2D eigenvalue weighted by atomic mass is 9.91. The number of nitrogens with zero attached hydrogens (tertiary/aromatic N) is 4. The summed E-state index contributed by atoms with van der Waals surface area (Å²) in [5.74, 6) is -0.0748. The van der Waals surface area contributed by atoms with Crippen molar-refractivity contribution in [1.82, 2.24) is 14.9 Å². The van der Waals surface area contributed by atoms with Gasteiger partial charge in [0, 0.05) is 37.5 Å². The van der Waals surface area contributed by atoms with E-state index in [0.29, 0.717) is 10.1 Å². The Balaban J connectivity index is 1.55. The second kappa shape index (κ2) is 6.25. The van der Waals surface area contributed by atoms with Crippen LogP contribution in [0.15, 0.2) is 38.2 Å². The second-order valence-electron chi connectivity index (χ2n) is 6.24. The summed E-state index contributed by atoms with van der Waals surface area (Å²) in [6.45, 7) is 1.57. The van der Waals surface area contributed by atoms with Crippen molar-refractivity contribution in [3.63, 3.8) is 0 Å². The van der Waals surface area contributed by atoms with Gasteiger partial charge in [-0.1, -0.05) is 5.16 Å². The van der Waals surface area contributed by atoms with Crippen molar-refractivity contribution in [2.24, 2.45) is 7.05 Å². The van der Waals surface area contributed by atoms with E-state index in [-0.39, 0.29) is 17.3 Å². The SMILES string of the molecule is Cn1ncc(N2CCC(c3noc4cc(F)ccc34)CC2)c(Br)c1=O. The third kappa shape index (κ3) is 2.84. The molecule has 3 heterocycles. The molecule has 0 spiro atoms. The van der Waals surface area contributed by atoms with Crippen molar-refractivity contribution < 1.29 is 8.91 Å². The number of benzene rings is 1. The molecule has 0 bridgehead atoms. The quantitative estimate of drug-likeness (QED) is 0.653. The zero-order valence-corrected chi connectivity index (χ0v) is 15.2. The molecule has 1 aliphatic heterocycles. The Morgan fingerprint density at radius 3 is 2.84 bits per heavy atom. The molecule has 0 amide bonds. The number of anilines is 1. The third-order valence-electron chi connectivity index (χ3n) is 4.74. The average Bonchev–Trinajstić information content (AvgIpc) is 3.03. The number of aromatic nitrogens is 3. The van der Waals surface area contributed by atoms with Crippen molar-refractivity contribution >= 4 is 32.6 Å². The van der Waals surface area contributed by atoms with Gasteiger partial charge < -0.3 is 9.42 Å². The van der Waals surface area contributed by atoms with Gasteiger partial charge in [0.25, 0.3) is 5.56 Å². The van der Waals surface area contributed by atoms with Crippen LogP contribution in [-0.4, -0.2) is 28.0 Å². The van der Waals surface area contributed by atoms with E-state index in [1.807, 2.05) is 0 Å². The predicted octanol–water partition coefficient (Wildman–Crippen LogP) is 3.21. The largest absolute Gasteiger partial charge is 0.369 e. The molecule has 130 valence electrons. The van der Waals surface area contributed by atoms with Gasteiger partial charge in [-0.2, -0.15) is 5.10 Å². The predicted molar refractivity (Wildman–Crippen MR) is 95.3 cm³/mol. The maximum atomic E-state index is 13.3. The highest BCUT2D eigenvalue weighted by Crippen LogP contribution is 2.35. The van der Waals surface area contributed by atoms with Crippen LogP contribution in [0, 0.1) is 5.82 Å². The number of hydrogen-bond donors (Lipinski definition) is 0. The highest BCUT2D eigenvalue weighted by Gasteiger charge is 2.26. The molecule has 0 radical (unpaired) electrons. The minimum atomic E-state index is -0.326. The third-order valence-corrected chi connectivity index (χ3v) is 5.49. The van der Waals surface area contributed by atoms with Gasteiger partial charge in [0.2, 0.25) is 0 Å². The van der Waals surface area contributed by atoms with Crippen LogP contribution in [0.2, 0.25) is 0 Å². The molecule has 3 aromatic rings. The Labute approximate surface area is 151 Å². The fourth-order valence-corrected chi connectivity index (χ4v) is 3.95. The van der Waals surface area contributed by atoms with Crippen molar-refractivity contribution in [3.8, 4) is 0 Å². The summed E-state index contributed by atoms with van der Waals surface area (Å²) in [4.78, 5) is 14.2. The first-order valence-corrected chi connectivity index (χ1v) is 8.85. The van der Waals surface area contributed by atoms with Crippen molar-refractivity contribution in [2.75, 3.05) is 18.0 Å². The molecule has 0 saturated carbocycles. The number of halogens is 2. The lowest BCUT2D eigenvalue weighted by Crippen LogP contribution is -2.35. The van der Waals surface area contributed by atoms with E-state index in [9.17, 15) is 9.18 Å². The minimum absolute atomic E-state index is 0.149. The first-order valence-electron chi connectivity index (χ1n) is 8.06. The van der Waals surface area contributed by atoms with Crippen molar-refractivity contribution in [3.05, 3.63) is 50.7 Å². The van der Waals surface area contributed by atoms with Gasteiger partial charge in [0.15, 0.2) is 5.58 Å². The summed E-state index contributed by atoms with van der Waals surface area (Å²) in [6, 6.07) is 4.52. The number of aryl methyl sites for hydroxylation is 1. The maximum Gasteiger partial charge on any atom is 0.282 e. The van der Waals surface area contributed by atoms with Crippen LogP contribution in [0.3, 0.4) is 0 Å². The molecule has 0 atom stereocenters. The molecule has 0 aliphatic carbocycles. The van der Waals surface area contributed by atoms with E-state index in [4.69, 9.17) is 4.52 Å². The molecule has 0 N–H and O–H groups in total. The maximum absolute atomic E-state index is 13.3. The summed E-state index contributed by atoms with van der Waals surface area (Å²) in [5, 5.41) is 9.14. The van der Waals surface area contributed by atoms with Gasteiger partial charge in [-0.15, -0.1) is 0 Å². The van der Waals surface area contributed by atoms with Crippen LogP contribution >= 0.6 is 15.9 Å². The number of fused-ring (bicyclic) bond motifs is 1. The van der Waals surface area contributed by atoms with Gasteiger partial charge in [0.05, 0.1) is 17.6 Å². The van der Waals surface area contributed by atoms with Crippen LogP contribution in [0.4, 0.5) is 10.1 Å². The molecule has 25 heavy (non-hydrogen) atoms. The van der Waals surface area contributed by atoms with Crippen LogP contribution in [0.5, 0.6) is 0 Å². The molecule has 2 aromatic heterocycles. The second-order valence-corrected chi connectivity index (χ2v) is 7.04. The van der Waals surface area contributed by atoms with Gasteiger partial charge in [-0.3, -0.25) is 4.79 Å². The van der Waals surface area contributed by atoms with Gasteiger partial charge in [-0.05, 0) is 40.9 Å². The van der Waals surface area contributed by atoms with Crippen LogP contribution in [-0.2, 0) is 7.05 Å². The molecular weight excluding hydrogens is 391 g/mol. The Kier molecular flexibility index (Phi) is 4.07. The molecule has 8 heteroatoms. The molecule has 1 fully saturated rings. The lowest BCUT2D eigenvalue weighted by molar-refractivity contribution is 0.416. The van der Waals surface area contributed by atoms with Gasteiger partial charge in [0.1, 0.15) is 10.3 Å². The summed E-state index contributed by atoms with van der Waals surface area (Å²) in [5.41, 5.74) is 2.03. The Hall–Kier alpha value is -2.22. The number of piperidine rings is 1. The molecule has 0 unspecified atom stereocenters. The van der Waals surface area contributed by atoms with E-state index >= 15 is 0 Å². The molecule has 6 nitrogen and oxygen atoms in total. The first kappa shape index (κ1) is 16.3. The summed E-state index contributed by atoms with van der Waals surface area (Å²) < 4.78 is 20.4. The van der Waals surface area contributed by atoms with Crippen LogP contribution < -0.4 is 10.5 Å². The van der Waals surface area contributed by atoms with E-state index in [2.05, 4.69) is 31.1 Å². The Morgan fingerprint density at radius 1 is 1.32 bits per heavy atom. The van der Waals surface area contributed by atoms with E-state index < -0.39 is 0 Å². The van der Waals surface area contributed by atoms with Crippen molar-refractivity contribution in [2.45, 2.75) is 18.8 Å². The van der Waals surface area contributed by atoms with E-state index in [1.54, 1.807) is 19.3 Å². The van der Waals surface area contributed by atoms with Crippen LogP contribution in [0.25, 0.3) is 11.0 Å². The zero-order chi connectivity index (χ0) is 17.6. The average molecular weight is 407 g/mol. The molecule has 4 rings (SSSR count). The van der Waals surface area contributed by atoms with Gasteiger partial charge in [-0.25, -0.2) is 9.07 Å². The standard InChI is InChI=1S/C17H16BrFN4O2/c1-22-17(24)15(18)13(9-20-22)23-6-4-10(5-7-23)16-12-3-2-11(19)8-14(12)25-21-16/h2-3,8-10H,4-7H2,1H3. The fourth-order valence-electron chi connectivity index (χ4n) is 3.34. The Morgan fingerprint density at radius 2 is 2.08 bits per heavy atom. The minimum Gasteiger partial charge on any atom is -0.369 e. The summed E-state index contributed by atoms with van der Waals surface area (Å²) in [7, 11) is 1.63. The summed E-state index contributed by atoms with van der Waals surface area (Å²) in [6.07, 6.45) is 3.46. The lowest BCUT2D eigenvalue weighted by Gasteiger charge is -2.33. The van der Waals surface area contributed by atoms with Crippen molar-refractivity contribution in [1.29, 1.82) is 0 Å². The zero-order valence-electron chi connectivity index (χ0n) is 13.6.